The molecule has 1 atom stereocenters. The molecule has 110 valence electrons. The Balaban J connectivity index is 2.08. The minimum Gasteiger partial charge on any atom is -0.489 e. The third kappa shape index (κ3) is 3.76. The SMILES string of the molecule is C[C@H](N)c1cccc(OCc2ccc([N+](=O)[O-])c(F)c2)c1. The van der Waals surface area contributed by atoms with Crippen molar-refractivity contribution in [2.75, 3.05) is 0 Å². The number of ether oxygens (including phenoxy) is 1. The maximum Gasteiger partial charge on any atom is 0.304 e. The van der Waals surface area contributed by atoms with Gasteiger partial charge in [0.05, 0.1) is 4.92 Å². The minimum atomic E-state index is -0.870. The fourth-order valence-electron chi connectivity index (χ4n) is 1.84. The lowest BCUT2D eigenvalue weighted by Gasteiger charge is -2.10. The third-order valence-corrected chi connectivity index (χ3v) is 3.00. The van der Waals surface area contributed by atoms with Gasteiger partial charge in [0.1, 0.15) is 12.4 Å². The number of halogens is 1. The molecule has 0 heterocycles. The van der Waals surface area contributed by atoms with Crippen LogP contribution in [0.1, 0.15) is 24.1 Å². The molecule has 0 aliphatic rings. The highest BCUT2D eigenvalue weighted by Gasteiger charge is 2.13. The van der Waals surface area contributed by atoms with Crippen molar-refractivity contribution in [1.29, 1.82) is 0 Å². The molecule has 5 nitrogen and oxygen atoms in total. The monoisotopic (exact) mass is 290 g/mol. The quantitative estimate of drug-likeness (QED) is 0.676. The second kappa shape index (κ2) is 6.32. The summed E-state index contributed by atoms with van der Waals surface area (Å²) in [6.45, 7) is 1.99. The lowest BCUT2D eigenvalue weighted by atomic mass is 10.1. The first-order valence-corrected chi connectivity index (χ1v) is 6.38. The minimum absolute atomic E-state index is 0.106. The molecule has 0 saturated heterocycles. The second-order valence-electron chi connectivity index (χ2n) is 4.69. The number of benzene rings is 2. The van der Waals surface area contributed by atoms with Crippen LogP contribution in [0.25, 0.3) is 0 Å². The van der Waals surface area contributed by atoms with Gasteiger partial charge < -0.3 is 10.5 Å². The van der Waals surface area contributed by atoms with E-state index in [1.807, 2.05) is 25.1 Å². The topological polar surface area (TPSA) is 78.4 Å². The Labute approximate surface area is 121 Å². The molecule has 0 saturated carbocycles. The summed E-state index contributed by atoms with van der Waals surface area (Å²) in [6.07, 6.45) is 0. The number of hydrogen-bond donors (Lipinski definition) is 1. The fraction of sp³-hybridized carbons (Fsp3) is 0.200. The van der Waals surface area contributed by atoms with E-state index in [9.17, 15) is 14.5 Å². The highest BCUT2D eigenvalue weighted by Crippen LogP contribution is 2.21. The fourth-order valence-corrected chi connectivity index (χ4v) is 1.84. The van der Waals surface area contributed by atoms with Gasteiger partial charge in [-0.1, -0.05) is 12.1 Å². The van der Waals surface area contributed by atoms with Gasteiger partial charge in [0, 0.05) is 12.1 Å². The molecule has 2 N–H and O–H groups in total. The first kappa shape index (κ1) is 14.9. The van der Waals surface area contributed by atoms with Crippen LogP contribution in [0.3, 0.4) is 0 Å². The number of nitrogens with zero attached hydrogens (tertiary/aromatic N) is 1. The van der Waals surface area contributed by atoms with Crippen LogP contribution in [-0.4, -0.2) is 4.92 Å². The summed E-state index contributed by atoms with van der Waals surface area (Å²) in [5, 5.41) is 10.5. The van der Waals surface area contributed by atoms with Gasteiger partial charge >= 0.3 is 5.69 Å². The van der Waals surface area contributed by atoms with Crippen molar-refractivity contribution < 1.29 is 14.1 Å². The van der Waals surface area contributed by atoms with E-state index in [-0.39, 0.29) is 12.6 Å². The van der Waals surface area contributed by atoms with Crippen molar-refractivity contribution in [2.24, 2.45) is 5.73 Å². The van der Waals surface area contributed by atoms with Gasteiger partial charge in [0.15, 0.2) is 0 Å². The highest BCUT2D eigenvalue weighted by molar-refractivity contribution is 5.35. The Morgan fingerprint density at radius 3 is 2.71 bits per heavy atom. The van der Waals surface area contributed by atoms with Crippen molar-refractivity contribution >= 4 is 5.69 Å². The van der Waals surface area contributed by atoms with Gasteiger partial charge in [-0.2, -0.15) is 4.39 Å². The summed E-state index contributed by atoms with van der Waals surface area (Å²) in [4.78, 5) is 9.78. The maximum absolute atomic E-state index is 13.5. The molecule has 0 fully saturated rings. The number of hydrogen-bond acceptors (Lipinski definition) is 4. The van der Waals surface area contributed by atoms with E-state index in [1.54, 1.807) is 6.07 Å². The molecule has 2 aromatic carbocycles. The lowest BCUT2D eigenvalue weighted by Crippen LogP contribution is -2.05. The van der Waals surface area contributed by atoms with Crippen LogP contribution in [-0.2, 0) is 6.61 Å². The number of nitrogens with two attached hydrogens (primary N) is 1. The molecular weight excluding hydrogens is 275 g/mol. The smallest absolute Gasteiger partial charge is 0.304 e. The molecule has 0 aliphatic carbocycles. The zero-order chi connectivity index (χ0) is 15.4. The van der Waals surface area contributed by atoms with E-state index < -0.39 is 16.4 Å². The van der Waals surface area contributed by atoms with E-state index in [0.717, 1.165) is 17.7 Å². The number of nitro groups is 1. The van der Waals surface area contributed by atoms with Gasteiger partial charge in [-0.3, -0.25) is 10.1 Å². The predicted molar refractivity (Wildman–Crippen MR) is 76.4 cm³/mol. The molecule has 2 rings (SSSR count). The van der Waals surface area contributed by atoms with Crippen LogP contribution in [0.2, 0.25) is 0 Å². The number of nitro benzene ring substituents is 1. The molecule has 0 bridgehead atoms. The Kier molecular flexibility index (Phi) is 4.49. The standard InChI is InChI=1S/C15H15FN2O3/c1-10(17)12-3-2-4-13(8-12)21-9-11-5-6-15(18(19)20)14(16)7-11/h2-8,10H,9,17H2,1H3/t10-/m0/s1. The Bertz CT molecular complexity index is 659. The molecule has 0 aromatic heterocycles. The number of rotatable bonds is 5. The normalized spacial score (nSPS) is 12.0. The predicted octanol–water partition coefficient (Wildman–Crippen LogP) is 3.33. The Morgan fingerprint density at radius 2 is 2.10 bits per heavy atom. The van der Waals surface area contributed by atoms with Crippen LogP contribution in [0, 0.1) is 15.9 Å². The largest absolute Gasteiger partial charge is 0.489 e. The van der Waals surface area contributed by atoms with Gasteiger partial charge in [-0.25, -0.2) is 0 Å². The summed E-state index contributed by atoms with van der Waals surface area (Å²) in [6, 6.07) is 10.9. The molecular formula is C15H15FN2O3. The molecule has 21 heavy (non-hydrogen) atoms. The van der Waals surface area contributed by atoms with Crippen molar-refractivity contribution in [1.82, 2.24) is 0 Å². The Morgan fingerprint density at radius 1 is 1.33 bits per heavy atom. The maximum atomic E-state index is 13.5. The molecule has 0 aliphatic heterocycles. The van der Waals surface area contributed by atoms with Crippen molar-refractivity contribution in [3.05, 3.63) is 69.5 Å². The molecule has 0 spiro atoms. The van der Waals surface area contributed by atoms with Gasteiger partial charge in [-0.15, -0.1) is 0 Å². The highest BCUT2D eigenvalue weighted by atomic mass is 19.1. The lowest BCUT2D eigenvalue weighted by molar-refractivity contribution is -0.387. The molecule has 0 radical (unpaired) electrons. The van der Waals surface area contributed by atoms with Crippen molar-refractivity contribution in [2.45, 2.75) is 19.6 Å². The van der Waals surface area contributed by atoms with Gasteiger partial charge in [0.25, 0.3) is 0 Å². The first-order valence-electron chi connectivity index (χ1n) is 6.38. The van der Waals surface area contributed by atoms with E-state index in [4.69, 9.17) is 10.5 Å². The van der Waals surface area contributed by atoms with E-state index in [0.29, 0.717) is 11.3 Å². The molecule has 0 amide bonds. The van der Waals surface area contributed by atoms with Crippen molar-refractivity contribution in [3.63, 3.8) is 0 Å². The molecule has 2 aromatic rings. The van der Waals surface area contributed by atoms with Gasteiger partial charge in [0.2, 0.25) is 5.82 Å². The van der Waals surface area contributed by atoms with Crippen LogP contribution in [0.4, 0.5) is 10.1 Å². The molecule has 0 unspecified atom stereocenters. The van der Waals surface area contributed by atoms with E-state index >= 15 is 0 Å². The van der Waals surface area contributed by atoms with Crippen molar-refractivity contribution in [3.8, 4) is 5.75 Å². The summed E-state index contributed by atoms with van der Waals surface area (Å²) < 4.78 is 19.0. The summed E-state index contributed by atoms with van der Waals surface area (Å²) in [5.74, 6) is -0.256. The first-order chi connectivity index (χ1) is 9.97. The summed E-state index contributed by atoms with van der Waals surface area (Å²) in [7, 11) is 0. The van der Waals surface area contributed by atoms with Gasteiger partial charge in [-0.05, 0) is 42.3 Å². The van der Waals surface area contributed by atoms with Crippen LogP contribution in [0.15, 0.2) is 42.5 Å². The average Bonchev–Trinajstić information content (AvgIpc) is 2.45. The van der Waals surface area contributed by atoms with Crippen LogP contribution in [0.5, 0.6) is 5.75 Å². The summed E-state index contributed by atoms with van der Waals surface area (Å²) in [5.41, 5.74) is 6.69. The third-order valence-electron chi connectivity index (χ3n) is 3.00. The summed E-state index contributed by atoms with van der Waals surface area (Å²) >= 11 is 0. The zero-order valence-corrected chi connectivity index (χ0v) is 11.5. The van der Waals surface area contributed by atoms with E-state index in [1.165, 1.54) is 6.07 Å². The average molecular weight is 290 g/mol. The zero-order valence-electron chi connectivity index (χ0n) is 11.5. The van der Waals surface area contributed by atoms with Crippen LogP contribution >= 0.6 is 0 Å². The Hall–Kier alpha value is -2.47. The van der Waals surface area contributed by atoms with E-state index in [2.05, 4.69) is 0 Å². The second-order valence-corrected chi connectivity index (χ2v) is 4.69. The molecule has 6 heteroatoms. The van der Waals surface area contributed by atoms with Crippen LogP contribution < -0.4 is 10.5 Å².